The number of hydrogen-bond donors (Lipinski definition) is 1. The van der Waals surface area contributed by atoms with Crippen molar-refractivity contribution in [3.05, 3.63) is 103 Å². The van der Waals surface area contributed by atoms with E-state index in [-0.39, 0.29) is 10.6 Å². The van der Waals surface area contributed by atoms with Gasteiger partial charge in [-0.15, -0.1) is 0 Å². The highest BCUT2D eigenvalue weighted by Gasteiger charge is 2.28. The molecule has 0 spiro atoms. The lowest BCUT2D eigenvalue weighted by molar-refractivity contribution is -0.119. The number of nitrogens with one attached hydrogen (secondary N) is 1. The Morgan fingerprint density at radius 2 is 1.70 bits per heavy atom. The minimum absolute atomic E-state index is 0.0452. The number of carbonyl (C=O) groups excluding carboxylic acids is 1. The fourth-order valence-electron chi connectivity index (χ4n) is 3.54. The Balaban J connectivity index is 1.62. The number of sulfonamides is 1. The molecule has 0 radical (unpaired) electrons. The van der Waals surface area contributed by atoms with E-state index in [4.69, 9.17) is 0 Å². The lowest BCUT2D eigenvalue weighted by atomic mass is 10.1. The fourth-order valence-corrected chi connectivity index (χ4v) is 5.17. The number of pyridine rings is 1. The van der Waals surface area contributed by atoms with Crippen molar-refractivity contribution in [2.24, 2.45) is 0 Å². The van der Waals surface area contributed by atoms with E-state index in [1.54, 1.807) is 24.4 Å². The van der Waals surface area contributed by atoms with Crippen LogP contribution in [0.4, 0.5) is 10.1 Å². The zero-order valence-corrected chi connectivity index (χ0v) is 18.5. The molecule has 0 aliphatic heterocycles. The topological polar surface area (TPSA) is 79.4 Å². The van der Waals surface area contributed by atoms with Gasteiger partial charge in [0.1, 0.15) is 12.4 Å². The molecule has 0 atom stereocenters. The predicted octanol–water partition coefficient (Wildman–Crippen LogP) is 3.93. The van der Waals surface area contributed by atoms with Crippen LogP contribution >= 0.6 is 0 Å². The molecule has 0 saturated carbocycles. The molecule has 4 rings (SSSR count). The maximum absolute atomic E-state index is 13.7. The lowest BCUT2D eigenvalue weighted by Gasteiger charge is -2.24. The van der Waals surface area contributed by atoms with E-state index in [1.165, 1.54) is 24.4 Å². The molecule has 8 heteroatoms. The Hall–Kier alpha value is -3.78. The van der Waals surface area contributed by atoms with Gasteiger partial charge in [0.05, 0.1) is 10.6 Å². The number of hydrogen-bond acceptors (Lipinski definition) is 4. The first-order chi connectivity index (χ1) is 15.9. The molecular weight excluding hydrogens is 441 g/mol. The molecule has 0 unspecified atom stereocenters. The molecule has 0 aliphatic rings. The lowest BCUT2D eigenvalue weighted by Crippen LogP contribution is -2.41. The molecule has 168 valence electrons. The van der Waals surface area contributed by atoms with Crippen molar-refractivity contribution in [3.63, 3.8) is 0 Å². The summed E-state index contributed by atoms with van der Waals surface area (Å²) in [5.41, 5.74) is 1.26. The molecule has 1 N–H and O–H groups in total. The van der Waals surface area contributed by atoms with Gasteiger partial charge in [-0.1, -0.05) is 42.5 Å². The molecule has 1 amide bonds. The zero-order chi connectivity index (χ0) is 23.3. The van der Waals surface area contributed by atoms with E-state index in [0.717, 1.165) is 22.0 Å². The minimum atomic E-state index is -4.14. The highest BCUT2D eigenvalue weighted by molar-refractivity contribution is 7.93. The minimum Gasteiger partial charge on any atom is -0.354 e. The summed E-state index contributed by atoms with van der Waals surface area (Å²) in [6, 6.07) is 21.2. The summed E-state index contributed by atoms with van der Waals surface area (Å²) >= 11 is 0. The number of carbonyl (C=O) groups is 1. The summed E-state index contributed by atoms with van der Waals surface area (Å²) in [6.07, 6.45) is 3.71. The summed E-state index contributed by atoms with van der Waals surface area (Å²) in [5.74, 6) is -0.958. The van der Waals surface area contributed by atoms with Crippen LogP contribution in [0.2, 0.25) is 0 Å². The molecule has 0 saturated heterocycles. The van der Waals surface area contributed by atoms with Gasteiger partial charge in [0, 0.05) is 29.7 Å². The second kappa shape index (κ2) is 9.79. The average molecular weight is 464 g/mol. The van der Waals surface area contributed by atoms with E-state index in [1.807, 2.05) is 30.3 Å². The molecule has 6 nitrogen and oxygen atoms in total. The monoisotopic (exact) mass is 463 g/mol. The SMILES string of the molecule is O=C(CN(c1ccc(F)cc1)S(=O)(=O)c1cccc2cnccc12)NCCc1ccccc1. The summed E-state index contributed by atoms with van der Waals surface area (Å²) < 4.78 is 41.9. The van der Waals surface area contributed by atoms with E-state index in [0.29, 0.717) is 23.7 Å². The number of fused-ring (bicyclic) bond motifs is 1. The highest BCUT2D eigenvalue weighted by Crippen LogP contribution is 2.28. The fraction of sp³-hybridized carbons (Fsp3) is 0.120. The van der Waals surface area contributed by atoms with Gasteiger partial charge < -0.3 is 5.32 Å². The van der Waals surface area contributed by atoms with Gasteiger partial charge in [0.15, 0.2) is 0 Å². The Labute approximate surface area is 191 Å². The normalized spacial score (nSPS) is 11.3. The number of nitrogens with zero attached hydrogens (tertiary/aromatic N) is 2. The van der Waals surface area contributed by atoms with Crippen molar-refractivity contribution in [1.29, 1.82) is 0 Å². The molecule has 33 heavy (non-hydrogen) atoms. The van der Waals surface area contributed by atoms with Crippen LogP contribution in [0.1, 0.15) is 5.56 Å². The summed E-state index contributed by atoms with van der Waals surface area (Å²) in [7, 11) is -4.14. The predicted molar refractivity (Wildman–Crippen MR) is 126 cm³/mol. The first-order valence-electron chi connectivity index (χ1n) is 10.4. The van der Waals surface area contributed by atoms with Gasteiger partial charge in [0.25, 0.3) is 10.0 Å². The Morgan fingerprint density at radius 3 is 2.45 bits per heavy atom. The number of benzene rings is 3. The van der Waals surface area contributed by atoms with Crippen molar-refractivity contribution < 1.29 is 17.6 Å². The van der Waals surface area contributed by atoms with Gasteiger partial charge in [-0.05, 0) is 48.4 Å². The number of aromatic nitrogens is 1. The smallest absolute Gasteiger partial charge is 0.265 e. The molecule has 3 aromatic carbocycles. The van der Waals surface area contributed by atoms with Crippen molar-refractivity contribution >= 4 is 32.4 Å². The summed E-state index contributed by atoms with van der Waals surface area (Å²) in [5, 5.41) is 3.92. The first kappa shape index (κ1) is 22.4. The van der Waals surface area contributed by atoms with E-state index in [2.05, 4.69) is 10.3 Å². The van der Waals surface area contributed by atoms with Crippen LogP contribution in [0.5, 0.6) is 0 Å². The van der Waals surface area contributed by atoms with Crippen LogP contribution in [-0.2, 0) is 21.2 Å². The quantitative estimate of drug-likeness (QED) is 0.430. The van der Waals surface area contributed by atoms with Crippen LogP contribution in [0.3, 0.4) is 0 Å². The molecule has 4 aromatic rings. The molecule has 0 fully saturated rings. The molecule has 1 aromatic heterocycles. The van der Waals surface area contributed by atoms with Gasteiger partial charge >= 0.3 is 0 Å². The molecular formula is C25H22FN3O3S. The standard InChI is InChI=1S/C25H22FN3O3S/c26-21-9-11-22(12-10-21)29(18-25(30)28-16-13-19-5-2-1-3-6-19)33(31,32)24-8-4-7-20-17-27-15-14-23(20)24/h1-12,14-15,17H,13,16,18H2,(H,28,30). The van der Waals surface area contributed by atoms with Crippen LogP contribution in [0.15, 0.2) is 96.2 Å². The van der Waals surface area contributed by atoms with E-state index < -0.39 is 28.3 Å². The number of amides is 1. The maximum atomic E-state index is 13.7. The zero-order valence-electron chi connectivity index (χ0n) is 17.7. The van der Waals surface area contributed by atoms with Crippen LogP contribution in [0.25, 0.3) is 10.8 Å². The summed E-state index contributed by atoms with van der Waals surface area (Å²) in [6.45, 7) is -0.0791. The molecule has 1 heterocycles. The van der Waals surface area contributed by atoms with Crippen LogP contribution in [-0.4, -0.2) is 32.4 Å². The number of halogens is 1. The largest absolute Gasteiger partial charge is 0.354 e. The van der Waals surface area contributed by atoms with E-state index in [9.17, 15) is 17.6 Å². The van der Waals surface area contributed by atoms with Crippen molar-refractivity contribution in [2.45, 2.75) is 11.3 Å². The second-order valence-electron chi connectivity index (χ2n) is 7.43. The van der Waals surface area contributed by atoms with Gasteiger partial charge in [-0.2, -0.15) is 0 Å². The molecule has 0 aliphatic carbocycles. The van der Waals surface area contributed by atoms with Gasteiger partial charge in [0.2, 0.25) is 5.91 Å². The highest BCUT2D eigenvalue weighted by atomic mass is 32.2. The third kappa shape index (κ3) is 5.18. The van der Waals surface area contributed by atoms with Crippen LogP contribution < -0.4 is 9.62 Å². The number of rotatable bonds is 8. The van der Waals surface area contributed by atoms with Crippen LogP contribution in [0, 0.1) is 5.82 Å². The Morgan fingerprint density at radius 1 is 0.939 bits per heavy atom. The Kier molecular flexibility index (Phi) is 6.65. The number of anilines is 1. The van der Waals surface area contributed by atoms with Gasteiger partial charge in [-0.3, -0.25) is 14.1 Å². The second-order valence-corrected chi connectivity index (χ2v) is 9.26. The third-order valence-electron chi connectivity index (χ3n) is 5.19. The maximum Gasteiger partial charge on any atom is 0.265 e. The van der Waals surface area contributed by atoms with Gasteiger partial charge in [-0.25, -0.2) is 12.8 Å². The van der Waals surface area contributed by atoms with Crippen molar-refractivity contribution in [1.82, 2.24) is 10.3 Å². The Bertz CT molecular complexity index is 1360. The summed E-state index contributed by atoms with van der Waals surface area (Å²) in [4.78, 5) is 16.8. The first-order valence-corrected chi connectivity index (χ1v) is 11.8. The third-order valence-corrected chi connectivity index (χ3v) is 7.02. The average Bonchev–Trinajstić information content (AvgIpc) is 2.83. The van der Waals surface area contributed by atoms with E-state index >= 15 is 0 Å². The van der Waals surface area contributed by atoms with Crippen molar-refractivity contribution in [2.75, 3.05) is 17.4 Å². The van der Waals surface area contributed by atoms with Crippen molar-refractivity contribution in [3.8, 4) is 0 Å². The molecule has 0 bridgehead atoms.